The van der Waals surface area contributed by atoms with Gasteiger partial charge in [-0.3, -0.25) is 0 Å². The van der Waals surface area contributed by atoms with Crippen molar-refractivity contribution in [1.82, 2.24) is 9.97 Å². The summed E-state index contributed by atoms with van der Waals surface area (Å²) in [6.45, 7) is 4.66. The quantitative estimate of drug-likeness (QED) is 0.906. The summed E-state index contributed by atoms with van der Waals surface area (Å²) in [4.78, 5) is 8.36. The molecule has 1 rings (SSSR count). The van der Waals surface area contributed by atoms with Crippen molar-refractivity contribution in [3.8, 4) is 0 Å². The van der Waals surface area contributed by atoms with Gasteiger partial charge >= 0.3 is 6.18 Å². The van der Waals surface area contributed by atoms with E-state index in [1.807, 2.05) is 13.8 Å². The van der Waals surface area contributed by atoms with Gasteiger partial charge in [0, 0.05) is 19.7 Å². The molecule has 2 N–H and O–H groups in total. The first-order chi connectivity index (χ1) is 8.24. The van der Waals surface area contributed by atoms with Gasteiger partial charge < -0.3 is 10.6 Å². The van der Waals surface area contributed by atoms with Crippen LogP contribution < -0.4 is 10.6 Å². The van der Waals surface area contributed by atoms with Gasteiger partial charge in [0.15, 0.2) is 0 Å². The molecule has 1 atom stereocenters. The van der Waals surface area contributed by atoms with Crippen LogP contribution in [0.4, 0.5) is 24.8 Å². The Morgan fingerprint density at radius 1 is 1.39 bits per heavy atom. The summed E-state index contributed by atoms with van der Waals surface area (Å²) in [6, 6.07) is 1.34. The number of nitrogens with zero attached hydrogens (tertiary/aromatic N) is 3. The minimum atomic E-state index is -4.58. The summed E-state index contributed by atoms with van der Waals surface area (Å²) < 4.78 is 37.6. The van der Waals surface area contributed by atoms with E-state index in [2.05, 4.69) is 9.97 Å². The maximum Gasteiger partial charge on any atom is 0.451 e. The van der Waals surface area contributed by atoms with Gasteiger partial charge in [-0.25, -0.2) is 9.97 Å². The van der Waals surface area contributed by atoms with Crippen LogP contribution >= 0.6 is 0 Å². The highest BCUT2D eigenvalue weighted by Gasteiger charge is 2.35. The Hall–Kier alpha value is -1.53. The number of hydrogen-bond donors (Lipinski definition) is 1. The number of hydrogen-bond acceptors (Lipinski definition) is 4. The Morgan fingerprint density at radius 3 is 2.50 bits per heavy atom. The second kappa shape index (κ2) is 5.41. The molecule has 7 heteroatoms. The van der Waals surface area contributed by atoms with E-state index >= 15 is 0 Å². The van der Waals surface area contributed by atoms with Crippen molar-refractivity contribution in [2.24, 2.45) is 5.92 Å². The molecule has 0 aliphatic carbocycles. The second-order valence-electron chi connectivity index (χ2n) is 4.37. The first-order valence-corrected chi connectivity index (χ1v) is 5.67. The van der Waals surface area contributed by atoms with Crippen LogP contribution in [0.1, 0.15) is 26.1 Å². The molecule has 0 spiro atoms. The van der Waals surface area contributed by atoms with Crippen molar-refractivity contribution in [2.75, 3.05) is 24.2 Å². The van der Waals surface area contributed by atoms with Crippen LogP contribution in [0.25, 0.3) is 0 Å². The molecular weight excluding hydrogens is 245 g/mol. The lowest BCUT2D eigenvalue weighted by Gasteiger charge is -2.22. The molecule has 4 nitrogen and oxygen atoms in total. The predicted octanol–water partition coefficient (Wildman–Crippen LogP) is 2.56. The zero-order valence-corrected chi connectivity index (χ0v) is 10.6. The topological polar surface area (TPSA) is 55.0 Å². The van der Waals surface area contributed by atoms with Gasteiger partial charge in [0.1, 0.15) is 11.6 Å². The molecule has 0 bridgehead atoms. The number of halogens is 3. The molecule has 1 aromatic rings. The fraction of sp³-hybridized carbons (Fsp3) is 0.636. The number of rotatable bonds is 4. The molecule has 0 fully saturated rings. The van der Waals surface area contributed by atoms with Crippen molar-refractivity contribution in [2.45, 2.75) is 26.4 Å². The molecule has 1 aromatic heterocycles. The van der Waals surface area contributed by atoms with Crippen LogP contribution in [-0.2, 0) is 6.18 Å². The molecule has 18 heavy (non-hydrogen) atoms. The molecule has 102 valence electrons. The summed E-state index contributed by atoms with van der Waals surface area (Å²) in [5.41, 5.74) is 5.38. The van der Waals surface area contributed by atoms with Crippen molar-refractivity contribution in [3.05, 3.63) is 11.9 Å². The zero-order chi connectivity index (χ0) is 13.9. The Labute approximate surface area is 104 Å². The maximum atomic E-state index is 12.5. The summed E-state index contributed by atoms with van der Waals surface area (Å²) in [5, 5.41) is 0. The van der Waals surface area contributed by atoms with E-state index in [-0.39, 0.29) is 11.6 Å². The summed E-state index contributed by atoms with van der Waals surface area (Å²) >= 11 is 0. The highest BCUT2D eigenvalue weighted by Crippen LogP contribution is 2.28. The highest BCUT2D eigenvalue weighted by atomic mass is 19.4. The van der Waals surface area contributed by atoms with Crippen molar-refractivity contribution in [3.63, 3.8) is 0 Å². The number of anilines is 2. The van der Waals surface area contributed by atoms with E-state index in [4.69, 9.17) is 5.73 Å². The fourth-order valence-corrected chi connectivity index (χ4v) is 1.47. The van der Waals surface area contributed by atoms with Crippen molar-refractivity contribution < 1.29 is 13.2 Å². The number of nitrogens with two attached hydrogens (primary N) is 1. The molecule has 0 radical (unpaired) electrons. The van der Waals surface area contributed by atoms with Crippen LogP contribution in [0, 0.1) is 5.92 Å². The largest absolute Gasteiger partial charge is 0.451 e. The van der Waals surface area contributed by atoms with E-state index in [1.54, 1.807) is 11.9 Å². The van der Waals surface area contributed by atoms with Crippen LogP contribution in [-0.4, -0.2) is 23.6 Å². The lowest BCUT2D eigenvalue weighted by molar-refractivity contribution is -0.144. The van der Waals surface area contributed by atoms with Gasteiger partial charge in [0.05, 0.1) is 0 Å². The predicted molar refractivity (Wildman–Crippen MR) is 64.2 cm³/mol. The van der Waals surface area contributed by atoms with Crippen molar-refractivity contribution >= 4 is 11.6 Å². The first-order valence-electron chi connectivity index (χ1n) is 5.67. The summed E-state index contributed by atoms with van der Waals surface area (Å²) in [5.74, 6) is -0.826. The van der Waals surface area contributed by atoms with Gasteiger partial charge in [-0.2, -0.15) is 13.2 Å². The standard InChI is InChI=1S/C11H17F3N4/c1-4-7(2)6-18(3)9-5-8(15)16-10(17-9)11(12,13)14/h5,7H,4,6H2,1-3H3,(H2,15,16,17). The average molecular weight is 262 g/mol. The average Bonchev–Trinajstić information content (AvgIpc) is 2.26. The van der Waals surface area contributed by atoms with Crippen LogP contribution in [0.15, 0.2) is 6.07 Å². The third kappa shape index (κ3) is 3.75. The monoisotopic (exact) mass is 262 g/mol. The Kier molecular flexibility index (Phi) is 4.37. The molecule has 1 unspecified atom stereocenters. The van der Waals surface area contributed by atoms with Gasteiger partial charge in [0.2, 0.25) is 5.82 Å². The van der Waals surface area contributed by atoms with Gasteiger partial charge in [0.25, 0.3) is 0 Å². The molecule has 0 aliphatic rings. The minimum absolute atomic E-state index is 0.177. The van der Waals surface area contributed by atoms with Crippen LogP contribution in [0.2, 0.25) is 0 Å². The highest BCUT2D eigenvalue weighted by molar-refractivity contribution is 5.46. The maximum absolute atomic E-state index is 12.5. The van der Waals surface area contributed by atoms with E-state index in [0.29, 0.717) is 12.5 Å². The van der Waals surface area contributed by atoms with Crippen molar-refractivity contribution in [1.29, 1.82) is 0 Å². The Bertz CT molecular complexity index is 406. The fourth-order valence-electron chi connectivity index (χ4n) is 1.47. The number of aromatic nitrogens is 2. The van der Waals surface area contributed by atoms with Crippen LogP contribution in [0.3, 0.4) is 0 Å². The smallest absolute Gasteiger partial charge is 0.384 e. The SMILES string of the molecule is CCC(C)CN(C)c1cc(N)nc(C(F)(F)F)n1. The van der Waals surface area contributed by atoms with E-state index in [0.717, 1.165) is 6.42 Å². The lowest BCUT2D eigenvalue weighted by Crippen LogP contribution is -2.26. The molecule has 0 saturated carbocycles. The zero-order valence-electron chi connectivity index (χ0n) is 10.6. The molecule has 0 saturated heterocycles. The molecule has 0 aromatic carbocycles. The first kappa shape index (κ1) is 14.5. The molecular formula is C11H17F3N4. The second-order valence-corrected chi connectivity index (χ2v) is 4.37. The minimum Gasteiger partial charge on any atom is -0.384 e. The Balaban J connectivity index is 2.99. The normalized spacial score (nSPS) is 13.4. The third-order valence-electron chi connectivity index (χ3n) is 2.66. The molecule has 0 amide bonds. The van der Waals surface area contributed by atoms with Gasteiger partial charge in [-0.05, 0) is 5.92 Å². The number of nitrogen functional groups attached to an aromatic ring is 1. The lowest BCUT2D eigenvalue weighted by atomic mass is 10.1. The van der Waals surface area contributed by atoms with E-state index in [9.17, 15) is 13.2 Å². The Morgan fingerprint density at radius 2 is 2.00 bits per heavy atom. The molecule has 1 heterocycles. The summed E-state index contributed by atoms with van der Waals surface area (Å²) in [7, 11) is 1.69. The van der Waals surface area contributed by atoms with Gasteiger partial charge in [-0.15, -0.1) is 0 Å². The summed E-state index contributed by atoms with van der Waals surface area (Å²) in [6.07, 6.45) is -3.64. The number of alkyl halides is 3. The molecule has 0 aliphatic heterocycles. The van der Waals surface area contributed by atoms with Crippen LogP contribution in [0.5, 0.6) is 0 Å². The third-order valence-corrected chi connectivity index (χ3v) is 2.66. The van der Waals surface area contributed by atoms with E-state index < -0.39 is 12.0 Å². The van der Waals surface area contributed by atoms with E-state index in [1.165, 1.54) is 6.07 Å². The van der Waals surface area contributed by atoms with Gasteiger partial charge in [-0.1, -0.05) is 20.3 Å².